The number of anilines is 1. The van der Waals surface area contributed by atoms with Gasteiger partial charge in [0.15, 0.2) is 6.10 Å². The largest absolute Gasteiger partial charge is 0.449 e. The fourth-order valence-corrected chi connectivity index (χ4v) is 5.16. The molecule has 0 bridgehead atoms. The number of sulfonamides is 1. The highest BCUT2D eigenvalue weighted by Gasteiger charge is 2.32. The van der Waals surface area contributed by atoms with Crippen molar-refractivity contribution in [2.45, 2.75) is 63.9 Å². The summed E-state index contributed by atoms with van der Waals surface area (Å²) in [6, 6.07) is 7.18. The Kier molecular flexibility index (Phi) is 7.55. The highest BCUT2D eigenvalue weighted by molar-refractivity contribution is 7.89. The van der Waals surface area contributed by atoms with Crippen molar-refractivity contribution in [2.75, 3.05) is 18.4 Å². The zero-order valence-corrected chi connectivity index (χ0v) is 20.2. The van der Waals surface area contributed by atoms with Crippen molar-refractivity contribution < 1.29 is 27.5 Å². The summed E-state index contributed by atoms with van der Waals surface area (Å²) in [5, 5.41) is 6.83. The van der Waals surface area contributed by atoms with Crippen molar-refractivity contribution in [3.05, 3.63) is 42.1 Å². The first-order valence-electron chi connectivity index (χ1n) is 10.8. The van der Waals surface area contributed by atoms with Gasteiger partial charge in [0.05, 0.1) is 28.9 Å². The molecule has 0 spiro atoms. The molecule has 1 aliphatic rings. The van der Waals surface area contributed by atoms with Crippen molar-refractivity contribution in [1.82, 2.24) is 14.1 Å². The van der Waals surface area contributed by atoms with Gasteiger partial charge in [0.25, 0.3) is 5.91 Å². The lowest BCUT2D eigenvalue weighted by molar-refractivity contribution is -0.123. The van der Waals surface area contributed by atoms with E-state index >= 15 is 0 Å². The number of carbonyl (C=O) groups is 2. The minimum atomic E-state index is -3.72. The minimum Gasteiger partial charge on any atom is -0.449 e. The summed E-state index contributed by atoms with van der Waals surface area (Å²) in [7, 11) is -3.72. The minimum absolute atomic E-state index is 0.0480. The summed E-state index contributed by atoms with van der Waals surface area (Å²) >= 11 is 0. The molecule has 180 valence electrons. The molecule has 0 aliphatic carbocycles. The van der Waals surface area contributed by atoms with Crippen molar-refractivity contribution in [1.29, 1.82) is 0 Å². The average molecular weight is 479 g/mol. The van der Waals surface area contributed by atoms with Gasteiger partial charge in [0.2, 0.25) is 10.0 Å². The van der Waals surface area contributed by atoms with Gasteiger partial charge in [-0.15, -0.1) is 0 Å². The van der Waals surface area contributed by atoms with Crippen LogP contribution in [0.1, 0.15) is 51.0 Å². The van der Waals surface area contributed by atoms with Crippen LogP contribution in [0.3, 0.4) is 0 Å². The summed E-state index contributed by atoms with van der Waals surface area (Å²) < 4.78 is 39.8. The molecule has 10 nitrogen and oxygen atoms in total. The summed E-state index contributed by atoms with van der Waals surface area (Å²) in [6.45, 7) is 9.49. The Labute approximate surface area is 193 Å². The van der Waals surface area contributed by atoms with Crippen molar-refractivity contribution in [2.24, 2.45) is 0 Å². The number of hydrogen-bond acceptors (Lipinski definition) is 7. The Hall–Kier alpha value is -2.76. The first-order valence-corrected chi connectivity index (χ1v) is 12.2. The Bertz CT molecular complexity index is 1090. The molecule has 0 saturated carbocycles. The lowest BCUT2D eigenvalue weighted by atomic mass is 10.2. The maximum absolute atomic E-state index is 12.9. The fourth-order valence-electron chi connectivity index (χ4n) is 3.57. The van der Waals surface area contributed by atoms with E-state index in [0.29, 0.717) is 5.82 Å². The van der Waals surface area contributed by atoms with Crippen LogP contribution < -0.4 is 5.32 Å². The number of carbonyl (C=O) groups excluding carboxylic acids is 2. The van der Waals surface area contributed by atoms with Crippen LogP contribution in [-0.4, -0.2) is 65.8 Å². The van der Waals surface area contributed by atoms with E-state index in [1.54, 1.807) is 16.9 Å². The molecule has 0 radical (unpaired) electrons. The number of nitrogens with zero attached hydrogens (tertiary/aromatic N) is 3. The van der Waals surface area contributed by atoms with Crippen LogP contribution in [0.15, 0.2) is 41.4 Å². The van der Waals surface area contributed by atoms with Gasteiger partial charge in [-0.05, 0) is 58.9 Å². The number of hydrogen-bond donors (Lipinski definition) is 1. The van der Waals surface area contributed by atoms with Crippen molar-refractivity contribution >= 4 is 27.7 Å². The van der Waals surface area contributed by atoms with Crippen LogP contribution in [0.4, 0.5) is 5.82 Å². The fraction of sp³-hybridized carbons (Fsp3) is 0.500. The van der Waals surface area contributed by atoms with E-state index in [2.05, 4.69) is 10.4 Å². The number of nitrogens with one attached hydrogen (secondary N) is 1. The summed E-state index contributed by atoms with van der Waals surface area (Å²) in [6.07, 6.45) is 0.0991. The van der Waals surface area contributed by atoms with Crippen molar-refractivity contribution in [3.63, 3.8) is 0 Å². The molecule has 1 fully saturated rings. The van der Waals surface area contributed by atoms with Gasteiger partial charge >= 0.3 is 5.97 Å². The summed E-state index contributed by atoms with van der Waals surface area (Å²) in [4.78, 5) is 25.0. The van der Waals surface area contributed by atoms with Crippen LogP contribution in [0.2, 0.25) is 0 Å². The van der Waals surface area contributed by atoms with Crippen molar-refractivity contribution in [3.8, 4) is 0 Å². The Balaban J connectivity index is 1.64. The van der Waals surface area contributed by atoms with Gasteiger partial charge in [-0.3, -0.25) is 4.79 Å². The van der Waals surface area contributed by atoms with Crippen LogP contribution >= 0.6 is 0 Å². The second-order valence-electron chi connectivity index (χ2n) is 8.40. The molecule has 3 atom stereocenters. The average Bonchev–Trinajstić information content (AvgIpc) is 3.21. The van der Waals surface area contributed by atoms with Crippen LogP contribution in [-0.2, 0) is 24.3 Å². The molecule has 3 unspecified atom stereocenters. The van der Waals surface area contributed by atoms with E-state index in [-0.39, 0.29) is 41.8 Å². The molecular formula is C22H30N4O6S. The van der Waals surface area contributed by atoms with E-state index < -0.39 is 28.0 Å². The Morgan fingerprint density at radius 2 is 1.70 bits per heavy atom. The monoisotopic (exact) mass is 478 g/mol. The molecule has 1 N–H and O–H groups in total. The zero-order chi connectivity index (χ0) is 24.3. The highest BCUT2D eigenvalue weighted by atomic mass is 32.2. The maximum Gasteiger partial charge on any atom is 0.338 e. The molecule has 1 amide bonds. The Morgan fingerprint density at radius 3 is 2.27 bits per heavy atom. The van der Waals surface area contributed by atoms with Gasteiger partial charge < -0.3 is 14.8 Å². The number of amides is 1. The molecule has 2 heterocycles. The molecule has 2 aromatic rings. The number of esters is 1. The molecule has 11 heteroatoms. The predicted molar refractivity (Wildman–Crippen MR) is 121 cm³/mol. The number of ether oxygens (including phenoxy) is 2. The number of benzene rings is 1. The summed E-state index contributed by atoms with van der Waals surface area (Å²) in [5.74, 6) is -0.729. The third-order valence-corrected chi connectivity index (χ3v) is 7.02. The van der Waals surface area contributed by atoms with E-state index in [0.717, 1.165) is 0 Å². The van der Waals surface area contributed by atoms with E-state index in [1.807, 2.05) is 27.7 Å². The third kappa shape index (κ3) is 5.79. The van der Waals surface area contributed by atoms with Gasteiger partial charge in [-0.25, -0.2) is 17.9 Å². The topological polar surface area (TPSA) is 120 Å². The van der Waals surface area contributed by atoms with E-state index in [9.17, 15) is 18.0 Å². The normalized spacial score (nSPS) is 20.4. The maximum atomic E-state index is 12.9. The third-order valence-electron chi connectivity index (χ3n) is 5.18. The van der Waals surface area contributed by atoms with Gasteiger partial charge in [-0.2, -0.15) is 9.40 Å². The smallest absolute Gasteiger partial charge is 0.338 e. The van der Waals surface area contributed by atoms with Gasteiger partial charge in [0.1, 0.15) is 5.82 Å². The van der Waals surface area contributed by atoms with Gasteiger partial charge in [-0.1, -0.05) is 0 Å². The van der Waals surface area contributed by atoms with Gasteiger partial charge in [0, 0.05) is 25.2 Å². The van der Waals surface area contributed by atoms with Crippen LogP contribution in [0.5, 0.6) is 0 Å². The lowest BCUT2D eigenvalue weighted by Gasteiger charge is -2.34. The Morgan fingerprint density at radius 1 is 1.09 bits per heavy atom. The SMILES string of the molecule is CC1CN(S(=O)(=O)c2ccc(C(=O)OC(C)C(=O)Nc3ccnn3C(C)C)cc2)CC(C)O1. The molecule has 1 saturated heterocycles. The van der Waals surface area contributed by atoms with Crippen LogP contribution in [0, 0.1) is 0 Å². The molecule has 33 heavy (non-hydrogen) atoms. The first-order chi connectivity index (χ1) is 15.5. The van der Waals surface area contributed by atoms with Crippen LogP contribution in [0.25, 0.3) is 0 Å². The lowest BCUT2D eigenvalue weighted by Crippen LogP contribution is -2.48. The number of morpholine rings is 1. The molecule has 1 aliphatic heterocycles. The standard InChI is InChI=1S/C22H30N4O6S/c1-14(2)26-20(10-11-23-26)24-21(27)17(5)32-22(28)18-6-8-19(9-7-18)33(29,30)25-12-15(3)31-16(4)13-25/h6-11,14-17H,12-13H2,1-5H3,(H,24,27). The number of rotatable bonds is 7. The number of aromatic nitrogens is 2. The molecule has 1 aromatic carbocycles. The molecule has 1 aromatic heterocycles. The summed E-state index contributed by atoms with van der Waals surface area (Å²) in [5.41, 5.74) is 0.143. The highest BCUT2D eigenvalue weighted by Crippen LogP contribution is 2.22. The second kappa shape index (κ2) is 10.0. The molecular weight excluding hydrogens is 448 g/mol. The zero-order valence-electron chi connectivity index (χ0n) is 19.4. The predicted octanol–water partition coefficient (Wildman–Crippen LogP) is 2.45. The quantitative estimate of drug-likeness (QED) is 0.607. The van der Waals surface area contributed by atoms with E-state index in [1.165, 1.54) is 35.5 Å². The second-order valence-corrected chi connectivity index (χ2v) is 10.3. The molecule has 3 rings (SSSR count). The van der Waals surface area contributed by atoms with E-state index in [4.69, 9.17) is 9.47 Å². The first kappa shape index (κ1) is 24.9.